The molecule has 3 rings (SSSR count). The fourth-order valence-corrected chi connectivity index (χ4v) is 3.49. The Labute approximate surface area is 164 Å². The number of ketones is 1. The number of nitrogens with zero attached hydrogens (tertiary/aromatic N) is 2. The molecule has 1 aromatic carbocycles. The van der Waals surface area contributed by atoms with Crippen molar-refractivity contribution in [3.05, 3.63) is 52.3 Å². The fourth-order valence-electron chi connectivity index (χ4n) is 3.49. The van der Waals surface area contributed by atoms with Gasteiger partial charge in [0.05, 0.1) is 5.69 Å². The molecule has 0 spiro atoms. The lowest BCUT2D eigenvalue weighted by atomic mass is 9.89. The Morgan fingerprint density at radius 1 is 0.964 bits per heavy atom. The number of amides is 2. The highest BCUT2D eigenvalue weighted by atomic mass is 16.2. The number of carbonyl (C=O) groups excluding carboxylic acids is 3. The number of hydrogen-bond donors (Lipinski definition) is 2. The number of carbonyl (C=O) groups is 3. The van der Waals surface area contributed by atoms with Gasteiger partial charge in [-0.25, -0.2) is 0 Å². The van der Waals surface area contributed by atoms with Crippen LogP contribution in [0.4, 0.5) is 0 Å². The van der Waals surface area contributed by atoms with E-state index in [0.29, 0.717) is 5.56 Å². The number of hydrogen-bond acceptors (Lipinski definition) is 4. The van der Waals surface area contributed by atoms with E-state index >= 15 is 0 Å². The summed E-state index contributed by atoms with van der Waals surface area (Å²) in [6, 6.07) is 7.71. The highest BCUT2D eigenvalue weighted by Gasteiger charge is 2.14. The van der Waals surface area contributed by atoms with Crippen LogP contribution in [0.2, 0.25) is 0 Å². The molecule has 0 atom stereocenters. The van der Waals surface area contributed by atoms with Crippen LogP contribution in [0.15, 0.2) is 24.3 Å². The number of aryl methyl sites for hydroxylation is 4. The Morgan fingerprint density at radius 3 is 2.39 bits per heavy atom. The van der Waals surface area contributed by atoms with Gasteiger partial charge in [-0.15, -0.1) is 0 Å². The van der Waals surface area contributed by atoms with E-state index in [1.54, 1.807) is 4.68 Å². The minimum atomic E-state index is -0.395. The molecule has 28 heavy (non-hydrogen) atoms. The predicted octanol–water partition coefficient (Wildman–Crippen LogP) is 2.19. The molecule has 1 aliphatic rings. The first kappa shape index (κ1) is 19.8. The third-order valence-corrected chi connectivity index (χ3v) is 4.99. The van der Waals surface area contributed by atoms with Gasteiger partial charge in [0.25, 0.3) is 5.91 Å². The second-order valence-corrected chi connectivity index (χ2v) is 7.29. The molecule has 2 N–H and O–H groups in total. The Hall–Kier alpha value is -2.96. The summed E-state index contributed by atoms with van der Waals surface area (Å²) < 4.78 is 1.57. The van der Waals surface area contributed by atoms with Gasteiger partial charge in [0.15, 0.2) is 5.78 Å². The molecular weight excluding hydrogens is 356 g/mol. The zero-order chi connectivity index (χ0) is 20.1. The Balaban J connectivity index is 1.43. The predicted molar refractivity (Wildman–Crippen MR) is 105 cm³/mol. The maximum atomic E-state index is 12.4. The normalized spacial score (nSPS) is 12.9. The molecule has 2 amide bonds. The summed E-state index contributed by atoms with van der Waals surface area (Å²) >= 11 is 0. The number of fused-ring (bicyclic) bond motifs is 1. The van der Waals surface area contributed by atoms with Crippen molar-refractivity contribution in [2.24, 2.45) is 0 Å². The fraction of sp³-hybridized carbons (Fsp3) is 0.429. The van der Waals surface area contributed by atoms with E-state index in [-0.39, 0.29) is 31.1 Å². The van der Waals surface area contributed by atoms with Gasteiger partial charge >= 0.3 is 0 Å². The van der Waals surface area contributed by atoms with Crippen LogP contribution in [0.5, 0.6) is 0 Å². The van der Waals surface area contributed by atoms with Crippen LogP contribution < -0.4 is 10.9 Å². The topological polar surface area (TPSA) is 93.1 Å². The van der Waals surface area contributed by atoms with E-state index in [1.165, 1.54) is 17.5 Å². The maximum absolute atomic E-state index is 12.4. The van der Waals surface area contributed by atoms with Crippen molar-refractivity contribution in [3.63, 3.8) is 0 Å². The molecular formula is C21H26N4O3. The molecule has 1 aliphatic carbocycles. The van der Waals surface area contributed by atoms with Gasteiger partial charge in [-0.05, 0) is 62.8 Å². The van der Waals surface area contributed by atoms with Crippen LogP contribution in [-0.4, -0.2) is 27.4 Å². The van der Waals surface area contributed by atoms with E-state index < -0.39 is 5.91 Å². The molecule has 148 valence electrons. The summed E-state index contributed by atoms with van der Waals surface area (Å²) in [5, 5.41) is 4.20. The SMILES string of the molecule is Cc1cc(C)n(CC(=O)NNC(=O)CCC(=O)c2ccc3c(c2)CCCC3)n1. The van der Waals surface area contributed by atoms with Crippen molar-refractivity contribution in [3.8, 4) is 0 Å². The minimum absolute atomic E-state index is 0.0218. The van der Waals surface area contributed by atoms with Crippen LogP contribution in [0.3, 0.4) is 0 Å². The molecule has 0 bridgehead atoms. The van der Waals surface area contributed by atoms with Crippen molar-refractivity contribution in [2.45, 2.75) is 58.9 Å². The zero-order valence-corrected chi connectivity index (χ0v) is 16.4. The largest absolute Gasteiger partial charge is 0.294 e. The van der Waals surface area contributed by atoms with Crippen molar-refractivity contribution in [1.29, 1.82) is 0 Å². The van der Waals surface area contributed by atoms with Gasteiger partial charge in [-0.1, -0.05) is 12.1 Å². The molecule has 0 unspecified atom stereocenters. The molecule has 2 aromatic rings. The van der Waals surface area contributed by atoms with Crippen LogP contribution in [0, 0.1) is 13.8 Å². The maximum Gasteiger partial charge on any atom is 0.260 e. The third-order valence-electron chi connectivity index (χ3n) is 4.99. The standard InChI is InChI=1S/C21H26N4O3/c1-14-11-15(2)25(24-14)13-21(28)23-22-20(27)10-9-19(26)18-8-7-16-5-3-4-6-17(16)12-18/h7-8,11-12H,3-6,9-10,13H2,1-2H3,(H,22,27)(H,23,28). The second kappa shape index (κ2) is 8.82. The smallest absolute Gasteiger partial charge is 0.260 e. The lowest BCUT2D eigenvalue weighted by Gasteiger charge is -2.16. The second-order valence-electron chi connectivity index (χ2n) is 7.29. The Bertz CT molecular complexity index is 901. The van der Waals surface area contributed by atoms with Crippen molar-refractivity contribution in [2.75, 3.05) is 0 Å². The molecule has 0 saturated heterocycles. The first-order valence-electron chi connectivity index (χ1n) is 9.66. The monoisotopic (exact) mass is 382 g/mol. The summed E-state index contributed by atoms with van der Waals surface area (Å²) in [4.78, 5) is 36.2. The van der Waals surface area contributed by atoms with Crippen LogP contribution in [-0.2, 0) is 29.0 Å². The van der Waals surface area contributed by atoms with Gasteiger partial charge in [0.2, 0.25) is 5.91 Å². The van der Waals surface area contributed by atoms with Gasteiger partial charge < -0.3 is 0 Å². The summed E-state index contributed by atoms with van der Waals surface area (Å²) in [6.45, 7) is 3.73. The molecule has 0 aliphatic heterocycles. The number of hydrazine groups is 1. The van der Waals surface area contributed by atoms with Gasteiger partial charge in [-0.2, -0.15) is 5.10 Å². The highest BCUT2D eigenvalue weighted by Crippen LogP contribution is 2.22. The van der Waals surface area contributed by atoms with E-state index in [2.05, 4.69) is 16.0 Å². The quantitative estimate of drug-likeness (QED) is 0.592. The minimum Gasteiger partial charge on any atom is -0.294 e. The number of rotatable bonds is 6. The van der Waals surface area contributed by atoms with E-state index in [4.69, 9.17) is 0 Å². The third kappa shape index (κ3) is 5.06. The first-order valence-corrected chi connectivity index (χ1v) is 9.66. The number of Topliss-reactive ketones (excluding diaryl/α,β-unsaturated/α-hetero) is 1. The molecule has 7 nitrogen and oxygen atoms in total. The molecule has 1 heterocycles. The highest BCUT2D eigenvalue weighted by molar-refractivity contribution is 5.98. The average molecular weight is 382 g/mol. The van der Waals surface area contributed by atoms with E-state index in [9.17, 15) is 14.4 Å². The first-order chi connectivity index (χ1) is 13.4. The molecule has 0 radical (unpaired) electrons. The van der Waals surface area contributed by atoms with Crippen molar-refractivity contribution < 1.29 is 14.4 Å². The van der Waals surface area contributed by atoms with Crippen LogP contribution in [0.25, 0.3) is 0 Å². The Morgan fingerprint density at radius 2 is 1.68 bits per heavy atom. The summed E-state index contributed by atoms with van der Waals surface area (Å²) in [7, 11) is 0. The van der Waals surface area contributed by atoms with Gasteiger partial charge in [-0.3, -0.25) is 29.9 Å². The zero-order valence-electron chi connectivity index (χ0n) is 16.4. The summed E-state index contributed by atoms with van der Waals surface area (Å²) in [5.41, 5.74) is 9.64. The van der Waals surface area contributed by atoms with Gasteiger partial charge in [0.1, 0.15) is 6.54 Å². The molecule has 7 heteroatoms. The van der Waals surface area contributed by atoms with Crippen molar-refractivity contribution in [1.82, 2.24) is 20.6 Å². The summed E-state index contributed by atoms with van der Waals surface area (Å²) in [6.07, 6.45) is 4.58. The average Bonchev–Trinajstić information content (AvgIpc) is 3.00. The van der Waals surface area contributed by atoms with Crippen LogP contribution in [0.1, 0.15) is 58.6 Å². The van der Waals surface area contributed by atoms with E-state index in [0.717, 1.165) is 30.7 Å². The van der Waals surface area contributed by atoms with Crippen LogP contribution >= 0.6 is 0 Å². The Kier molecular flexibility index (Phi) is 6.23. The molecule has 1 aromatic heterocycles. The lowest BCUT2D eigenvalue weighted by molar-refractivity contribution is -0.129. The number of nitrogens with one attached hydrogen (secondary N) is 2. The van der Waals surface area contributed by atoms with E-state index in [1.807, 2.05) is 38.1 Å². The molecule has 0 fully saturated rings. The number of aromatic nitrogens is 2. The molecule has 0 saturated carbocycles. The lowest BCUT2D eigenvalue weighted by Crippen LogP contribution is -2.43. The van der Waals surface area contributed by atoms with Crippen molar-refractivity contribution >= 4 is 17.6 Å². The van der Waals surface area contributed by atoms with Gasteiger partial charge in [0, 0.05) is 24.1 Å². The number of benzene rings is 1. The summed E-state index contributed by atoms with van der Waals surface area (Å²) in [5.74, 6) is -0.828.